The van der Waals surface area contributed by atoms with Gasteiger partial charge in [0.15, 0.2) is 0 Å². The Labute approximate surface area is 116 Å². The number of hydrogen-bond acceptors (Lipinski definition) is 1. The molecule has 0 N–H and O–H groups in total. The van der Waals surface area contributed by atoms with E-state index in [1.54, 1.807) is 7.11 Å². The second-order valence-electron chi connectivity index (χ2n) is 4.80. The number of methoxy groups -OCH3 is 1. The number of aryl methyl sites for hydroxylation is 1. The minimum atomic E-state index is 0.405. The lowest BCUT2D eigenvalue weighted by atomic mass is 9.87. The summed E-state index contributed by atoms with van der Waals surface area (Å²) in [6, 6.07) is 17.2. The van der Waals surface area contributed by atoms with Crippen molar-refractivity contribution in [1.29, 1.82) is 0 Å². The van der Waals surface area contributed by atoms with Crippen LogP contribution in [0.2, 0.25) is 0 Å². The van der Waals surface area contributed by atoms with Crippen LogP contribution in [0.15, 0.2) is 48.5 Å². The lowest BCUT2D eigenvalue weighted by Gasteiger charge is -2.20. The van der Waals surface area contributed by atoms with E-state index in [2.05, 4.69) is 62.4 Å². The van der Waals surface area contributed by atoms with Gasteiger partial charge in [0, 0.05) is 11.5 Å². The molecule has 0 unspecified atom stereocenters. The van der Waals surface area contributed by atoms with E-state index >= 15 is 0 Å². The summed E-state index contributed by atoms with van der Waals surface area (Å²) in [6.45, 7) is 4.42. The SMILES string of the molecule is CCc1ccc(OC)c([C@@H](CC)c2ccccc2)c1. The van der Waals surface area contributed by atoms with Crippen molar-refractivity contribution in [3.63, 3.8) is 0 Å². The largest absolute Gasteiger partial charge is 0.496 e. The monoisotopic (exact) mass is 254 g/mol. The first-order valence-electron chi connectivity index (χ1n) is 7.01. The van der Waals surface area contributed by atoms with Crippen molar-refractivity contribution in [3.8, 4) is 5.75 Å². The Bertz CT molecular complexity index is 516. The molecule has 0 aliphatic heterocycles. The molecule has 0 radical (unpaired) electrons. The van der Waals surface area contributed by atoms with Gasteiger partial charge in [-0.05, 0) is 30.0 Å². The molecule has 0 aliphatic carbocycles. The van der Waals surface area contributed by atoms with Gasteiger partial charge in [-0.15, -0.1) is 0 Å². The van der Waals surface area contributed by atoms with Gasteiger partial charge in [0.05, 0.1) is 7.11 Å². The highest BCUT2D eigenvalue weighted by molar-refractivity contribution is 5.44. The van der Waals surface area contributed by atoms with Crippen LogP contribution in [0.1, 0.15) is 42.9 Å². The van der Waals surface area contributed by atoms with E-state index in [-0.39, 0.29) is 0 Å². The zero-order valence-electron chi connectivity index (χ0n) is 12.0. The van der Waals surface area contributed by atoms with Gasteiger partial charge < -0.3 is 4.74 Å². The molecule has 0 aliphatic rings. The fourth-order valence-corrected chi connectivity index (χ4v) is 2.60. The Morgan fingerprint density at radius 3 is 2.32 bits per heavy atom. The Kier molecular flexibility index (Phi) is 4.62. The molecule has 2 aromatic rings. The number of rotatable bonds is 5. The summed E-state index contributed by atoms with van der Waals surface area (Å²) in [5, 5.41) is 0. The van der Waals surface area contributed by atoms with E-state index in [0.717, 1.165) is 18.6 Å². The second-order valence-corrected chi connectivity index (χ2v) is 4.80. The summed E-state index contributed by atoms with van der Waals surface area (Å²) in [6.07, 6.45) is 2.13. The van der Waals surface area contributed by atoms with Gasteiger partial charge in [-0.25, -0.2) is 0 Å². The second kappa shape index (κ2) is 6.42. The molecule has 0 fully saturated rings. The van der Waals surface area contributed by atoms with Crippen molar-refractivity contribution in [2.24, 2.45) is 0 Å². The summed E-state index contributed by atoms with van der Waals surface area (Å²) in [7, 11) is 1.75. The van der Waals surface area contributed by atoms with Crippen LogP contribution in [0.25, 0.3) is 0 Å². The zero-order chi connectivity index (χ0) is 13.7. The van der Waals surface area contributed by atoms with Gasteiger partial charge in [-0.3, -0.25) is 0 Å². The molecule has 0 aromatic heterocycles. The molecule has 1 heteroatoms. The third-order valence-corrected chi connectivity index (χ3v) is 3.69. The van der Waals surface area contributed by atoms with E-state index in [0.29, 0.717) is 5.92 Å². The molecule has 0 saturated heterocycles. The first kappa shape index (κ1) is 13.7. The standard InChI is InChI=1S/C18H22O/c1-4-14-11-12-18(19-3)17(13-14)16(5-2)15-9-7-6-8-10-15/h6-13,16H,4-5H2,1-3H3/t16-/m0/s1. The predicted octanol–water partition coefficient (Wildman–Crippen LogP) is 4.80. The molecule has 100 valence electrons. The smallest absolute Gasteiger partial charge is 0.122 e. The average molecular weight is 254 g/mol. The third kappa shape index (κ3) is 2.98. The van der Waals surface area contributed by atoms with Crippen molar-refractivity contribution >= 4 is 0 Å². The molecule has 0 amide bonds. The van der Waals surface area contributed by atoms with Crippen molar-refractivity contribution in [1.82, 2.24) is 0 Å². The topological polar surface area (TPSA) is 9.23 Å². The van der Waals surface area contributed by atoms with Crippen LogP contribution in [0, 0.1) is 0 Å². The quantitative estimate of drug-likeness (QED) is 0.744. The van der Waals surface area contributed by atoms with Crippen LogP contribution in [0.3, 0.4) is 0 Å². The minimum Gasteiger partial charge on any atom is -0.496 e. The Morgan fingerprint density at radius 1 is 1.00 bits per heavy atom. The lowest BCUT2D eigenvalue weighted by molar-refractivity contribution is 0.407. The van der Waals surface area contributed by atoms with Gasteiger partial charge in [-0.2, -0.15) is 0 Å². The Balaban J connectivity index is 2.48. The Hall–Kier alpha value is -1.76. The maximum Gasteiger partial charge on any atom is 0.122 e. The van der Waals surface area contributed by atoms with Crippen molar-refractivity contribution in [2.75, 3.05) is 7.11 Å². The Morgan fingerprint density at radius 2 is 1.74 bits per heavy atom. The van der Waals surface area contributed by atoms with Gasteiger partial charge >= 0.3 is 0 Å². The average Bonchev–Trinajstić information content (AvgIpc) is 2.49. The number of benzene rings is 2. The van der Waals surface area contributed by atoms with E-state index < -0.39 is 0 Å². The highest BCUT2D eigenvalue weighted by Crippen LogP contribution is 2.34. The number of hydrogen-bond donors (Lipinski definition) is 0. The molecule has 19 heavy (non-hydrogen) atoms. The maximum absolute atomic E-state index is 5.55. The van der Waals surface area contributed by atoms with Gasteiger partial charge in [0.25, 0.3) is 0 Å². The predicted molar refractivity (Wildman–Crippen MR) is 80.9 cm³/mol. The molecule has 1 atom stereocenters. The molecule has 2 rings (SSSR count). The molecule has 1 nitrogen and oxygen atoms in total. The summed E-state index contributed by atoms with van der Waals surface area (Å²) in [4.78, 5) is 0. The van der Waals surface area contributed by atoms with Crippen LogP contribution in [-0.4, -0.2) is 7.11 Å². The molecule has 2 aromatic carbocycles. The van der Waals surface area contributed by atoms with Crippen LogP contribution < -0.4 is 4.74 Å². The lowest BCUT2D eigenvalue weighted by Crippen LogP contribution is -2.03. The van der Waals surface area contributed by atoms with Gasteiger partial charge in [0.2, 0.25) is 0 Å². The van der Waals surface area contributed by atoms with Crippen LogP contribution in [-0.2, 0) is 6.42 Å². The number of ether oxygens (including phenoxy) is 1. The fraction of sp³-hybridized carbons (Fsp3) is 0.333. The molecule has 0 bridgehead atoms. The first-order chi connectivity index (χ1) is 9.30. The fourth-order valence-electron chi connectivity index (χ4n) is 2.60. The van der Waals surface area contributed by atoms with Gasteiger partial charge in [-0.1, -0.05) is 56.3 Å². The van der Waals surface area contributed by atoms with Crippen LogP contribution >= 0.6 is 0 Å². The molecule has 0 spiro atoms. The summed E-state index contributed by atoms with van der Waals surface area (Å²) < 4.78 is 5.55. The van der Waals surface area contributed by atoms with Gasteiger partial charge in [0.1, 0.15) is 5.75 Å². The summed E-state index contributed by atoms with van der Waals surface area (Å²) in [5.41, 5.74) is 4.03. The van der Waals surface area contributed by atoms with Crippen molar-refractivity contribution in [3.05, 3.63) is 65.2 Å². The maximum atomic E-state index is 5.55. The third-order valence-electron chi connectivity index (χ3n) is 3.69. The molecule has 0 heterocycles. The molecule has 0 saturated carbocycles. The highest BCUT2D eigenvalue weighted by Gasteiger charge is 2.16. The zero-order valence-corrected chi connectivity index (χ0v) is 12.0. The van der Waals surface area contributed by atoms with E-state index in [4.69, 9.17) is 4.74 Å². The summed E-state index contributed by atoms with van der Waals surface area (Å²) >= 11 is 0. The normalized spacial score (nSPS) is 12.2. The first-order valence-corrected chi connectivity index (χ1v) is 7.01. The van der Waals surface area contributed by atoms with E-state index in [1.165, 1.54) is 16.7 Å². The highest BCUT2D eigenvalue weighted by atomic mass is 16.5. The van der Waals surface area contributed by atoms with Crippen LogP contribution in [0.4, 0.5) is 0 Å². The molecular weight excluding hydrogens is 232 g/mol. The summed E-state index contributed by atoms with van der Waals surface area (Å²) in [5.74, 6) is 1.40. The van der Waals surface area contributed by atoms with Crippen molar-refractivity contribution < 1.29 is 4.74 Å². The van der Waals surface area contributed by atoms with Crippen molar-refractivity contribution in [2.45, 2.75) is 32.6 Å². The van der Waals surface area contributed by atoms with E-state index in [1.807, 2.05) is 0 Å². The minimum absolute atomic E-state index is 0.405. The van der Waals surface area contributed by atoms with Crippen LogP contribution in [0.5, 0.6) is 5.75 Å². The molecular formula is C18H22O. The van der Waals surface area contributed by atoms with E-state index in [9.17, 15) is 0 Å².